The molecule has 1 aromatic rings. The fourth-order valence-corrected chi connectivity index (χ4v) is 2.90. The predicted molar refractivity (Wildman–Crippen MR) is 84.9 cm³/mol. The van der Waals surface area contributed by atoms with Gasteiger partial charge in [-0.25, -0.2) is 0 Å². The molecule has 0 saturated carbocycles. The number of benzene rings is 1. The minimum Gasteiger partial charge on any atom is -0.377 e. The first-order chi connectivity index (χ1) is 8.81. The maximum absolute atomic E-state index is 11.3. The van der Waals surface area contributed by atoms with Crippen LogP contribution in [0.2, 0.25) is 5.02 Å². The van der Waals surface area contributed by atoms with Gasteiger partial charge in [-0.15, -0.1) is 12.4 Å². The van der Waals surface area contributed by atoms with Crippen molar-refractivity contribution >= 4 is 50.1 Å². The van der Waals surface area contributed by atoms with Crippen LogP contribution in [-0.2, 0) is 19.0 Å². The fourth-order valence-electron chi connectivity index (χ4n) is 1.43. The van der Waals surface area contributed by atoms with Gasteiger partial charge in [-0.05, 0) is 23.8 Å². The van der Waals surface area contributed by atoms with Crippen molar-refractivity contribution in [2.24, 2.45) is 5.73 Å². The Morgan fingerprint density at radius 3 is 2.55 bits per heavy atom. The predicted octanol–water partition coefficient (Wildman–Crippen LogP) is 2.52. The van der Waals surface area contributed by atoms with E-state index in [1.807, 2.05) is 0 Å². The van der Waals surface area contributed by atoms with Crippen LogP contribution >= 0.6 is 39.9 Å². The van der Waals surface area contributed by atoms with E-state index in [0.717, 1.165) is 10.7 Å². The second-order valence-corrected chi connectivity index (χ2v) is 6.81. The quantitative estimate of drug-likeness (QED) is 0.553. The van der Waals surface area contributed by atoms with E-state index in [1.54, 1.807) is 18.2 Å². The average Bonchev–Trinajstić information content (AvgIpc) is 2.25. The van der Waals surface area contributed by atoms with Crippen LogP contribution in [-0.4, -0.2) is 34.4 Å². The van der Waals surface area contributed by atoms with Crippen molar-refractivity contribution in [1.29, 1.82) is 0 Å². The van der Waals surface area contributed by atoms with Gasteiger partial charge in [0.2, 0.25) is 0 Å². The van der Waals surface area contributed by atoms with Gasteiger partial charge in [-0.2, -0.15) is 8.42 Å². The van der Waals surface area contributed by atoms with Crippen LogP contribution in [0, 0.1) is 0 Å². The molecule has 0 amide bonds. The lowest BCUT2D eigenvalue weighted by Gasteiger charge is -2.17. The maximum atomic E-state index is 11.3. The van der Waals surface area contributed by atoms with Gasteiger partial charge in [-0.1, -0.05) is 27.5 Å². The molecule has 0 aliphatic rings. The SMILES string of the molecule is CS(=O)(=O)O[C@H](COCCN)c1cc(Cl)cc(Br)c1.Cl. The van der Waals surface area contributed by atoms with Crippen molar-refractivity contribution in [1.82, 2.24) is 0 Å². The molecule has 0 bridgehead atoms. The fraction of sp³-hybridized carbons (Fsp3) is 0.455. The summed E-state index contributed by atoms with van der Waals surface area (Å²) in [7, 11) is -3.60. The third-order valence-electron chi connectivity index (χ3n) is 2.08. The highest BCUT2D eigenvalue weighted by atomic mass is 79.9. The van der Waals surface area contributed by atoms with Crippen LogP contribution < -0.4 is 5.73 Å². The molecule has 1 rings (SSSR count). The number of ether oxygens (including phenoxy) is 1. The van der Waals surface area contributed by atoms with Gasteiger partial charge < -0.3 is 10.5 Å². The lowest BCUT2D eigenvalue weighted by atomic mass is 10.1. The largest absolute Gasteiger partial charge is 0.377 e. The molecule has 0 aliphatic carbocycles. The van der Waals surface area contributed by atoms with E-state index >= 15 is 0 Å². The Labute approximate surface area is 138 Å². The lowest BCUT2D eigenvalue weighted by molar-refractivity contribution is 0.0572. The first-order valence-corrected chi connectivity index (χ1v) is 8.42. The molecular weight excluding hydrogens is 393 g/mol. The highest BCUT2D eigenvalue weighted by molar-refractivity contribution is 9.10. The molecular formula is C11H16BrCl2NO4S. The Balaban J connectivity index is 0.00000361. The minimum absolute atomic E-state index is 0. The molecule has 0 heterocycles. The first-order valence-electron chi connectivity index (χ1n) is 5.44. The summed E-state index contributed by atoms with van der Waals surface area (Å²) in [4.78, 5) is 0. The Kier molecular flexibility index (Phi) is 9.24. The summed E-state index contributed by atoms with van der Waals surface area (Å²) in [5, 5.41) is 0.477. The smallest absolute Gasteiger partial charge is 0.265 e. The van der Waals surface area contributed by atoms with E-state index in [2.05, 4.69) is 15.9 Å². The van der Waals surface area contributed by atoms with Crippen molar-refractivity contribution in [3.8, 4) is 0 Å². The molecule has 20 heavy (non-hydrogen) atoms. The third-order valence-corrected chi connectivity index (χ3v) is 3.34. The summed E-state index contributed by atoms with van der Waals surface area (Å²) in [5.41, 5.74) is 5.93. The van der Waals surface area contributed by atoms with E-state index in [9.17, 15) is 8.42 Å². The molecule has 0 aliphatic heterocycles. The highest BCUT2D eigenvalue weighted by Gasteiger charge is 2.19. The Morgan fingerprint density at radius 1 is 1.40 bits per heavy atom. The summed E-state index contributed by atoms with van der Waals surface area (Å²) in [5.74, 6) is 0. The van der Waals surface area contributed by atoms with Gasteiger partial charge >= 0.3 is 0 Å². The van der Waals surface area contributed by atoms with Crippen molar-refractivity contribution in [3.63, 3.8) is 0 Å². The maximum Gasteiger partial charge on any atom is 0.265 e. The van der Waals surface area contributed by atoms with Crippen LogP contribution in [0.5, 0.6) is 0 Å². The Morgan fingerprint density at radius 2 is 2.05 bits per heavy atom. The second-order valence-electron chi connectivity index (χ2n) is 3.86. The minimum atomic E-state index is -3.60. The molecule has 9 heteroatoms. The van der Waals surface area contributed by atoms with Crippen LogP contribution in [0.25, 0.3) is 0 Å². The number of halogens is 3. The Bertz CT molecular complexity index is 507. The van der Waals surface area contributed by atoms with E-state index in [-0.39, 0.29) is 19.0 Å². The first kappa shape index (κ1) is 20.1. The highest BCUT2D eigenvalue weighted by Crippen LogP contribution is 2.27. The van der Waals surface area contributed by atoms with Crippen LogP contribution in [0.3, 0.4) is 0 Å². The normalized spacial score (nSPS) is 12.8. The van der Waals surface area contributed by atoms with E-state index < -0.39 is 16.2 Å². The number of hydrogen-bond donors (Lipinski definition) is 1. The zero-order chi connectivity index (χ0) is 14.5. The van der Waals surface area contributed by atoms with Gasteiger partial charge in [-0.3, -0.25) is 4.18 Å². The summed E-state index contributed by atoms with van der Waals surface area (Å²) in [6.45, 7) is 0.757. The molecule has 116 valence electrons. The van der Waals surface area contributed by atoms with Gasteiger partial charge in [0, 0.05) is 16.0 Å². The zero-order valence-corrected chi connectivity index (χ0v) is 14.7. The van der Waals surface area contributed by atoms with Gasteiger partial charge in [0.25, 0.3) is 10.1 Å². The Hall–Kier alpha value is 0.110. The molecule has 1 aromatic carbocycles. The lowest BCUT2D eigenvalue weighted by Crippen LogP contribution is -2.18. The topological polar surface area (TPSA) is 78.6 Å². The zero-order valence-electron chi connectivity index (χ0n) is 10.7. The van der Waals surface area contributed by atoms with Crippen molar-refractivity contribution in [2.75, 3.05) is 26.0 Å². The standard InChI is InChI=1S/C11H15BrClNO4S.ClH/c1-19(15,16)18-11(7-17-3-2-14)8-4-9(12)6-10(13)5-8;/h4-6,11H,2-3,7,14H2,1H3;1H/t11-;/m1./s1. The molecule has 0 unspecified atom stereocenters. The molecule has 0 fully saturated rings. The molecule has 1 atom stereocenters. The number of nitrogens with two attached hydrogens (primary N) is 1. The summed E-state index contributed by atoms with van der Waals surface area (Å²) in [6, 6.07) is 5.06. The second kappa shape index (κ2) is 9.19. The van der Waals surface area contributed by atoms with Crippen LogP contribution in [0.1, 0.15) is 11.7 Å². The number of rotatable bonds is 7. The van der Waals surface area contributed by atoms with Crippen molar-refractivity contribution in [2.45, 2.75) is 6.10 Å². The average molecular weight is 409 g/mol. The van der Waals surface area contributed by atoms with Gasteiger partial charge in [0.1, 0.15) is 6.10 Å². The molecule has 2 N–H and O–H groups in total. The van der Waals surface area contributed by atoms with Gasteiger partial charge in [0.05, 0.1) is 19.5 Å². The van der Waals surface area contributed by atoms with E-state index in [4.69, 9.17) is 26.3 Å². The summed E-state index contributed by atoms with van der Waals surface area (Å²) < 4.78 is 33.5. The number of hydrogen-bond acceptors (Lipinski definition) is 5. The molecule has 0 saturated heterocycles. The summed E-state index contributed by atoms with van der Waals surface area (Å²) in [6.07, 6.45) is 0.235. The molecule has 0 aromatic heterocycles. The van der Waals surface area contributed by atoms with Crippen molar-refractivity contribution in [3.05, 3.63) is 33.3 Å². The van der Waals surface area contributed by atoms with Gasteiger partial charge in [0.15, 0.2) is 0 Å². The third kappa shape index (κ3) is 7.78. The van der Waals surface area contributed by atoms with E-state index in [0.29, 0.717) is 23.7 Å². The molecule has 5 nitrogen and oxygen atoms in total. The molecule has 0 spiro atoms. The molecule has 0 radical (unpaired) electrons. The van der Waals surface area contributed by atoms with Crippen LogP contribution in [0.4, 0.5) is 0 Å². The van der Waals surface area contributed by atoms with Crippen molar-refractivity contribution < 1.29 is 17.3 Å². The summed E-state index contributed by atoms with van der Waals surface area (Å²) >= 11 is 9.22. The van der Waals surface area contributed by atoms with E-state index in [1.165, 1.54) is 0 Å². The van der Waals surface area contributed by atoms with Crippen LogP contribution in [0.15, 0.2) is 22.7 Å². The monoisotopic (exact) mass is 407 g/mol.